The van der Waals surface area contributed by atoms with Gasteiger partial charge in [0.2, 0.25) is 0 Å². The van der Waals surface area contributed by atoms with Gasteiger partial charge in [0.25, 0.3) is 11.8 Å². The Kier molecular flexibility index (Phi) is 4.09. The maximum absolute atomic E-state index is 12.3. The minimum atomic E-state index is -0.210. The van der Waals surface area contributed by atoms with Gasteiger partial charge < -0.3 is 10.2 Å². The summed E-state index contributed by atoms with van der Waals surface area (Å²) in [5, 5.41) is 2.92. The van der Waals surface area contributed by atoms with Crippen LogP contribution in [-0.4, -0.2) is 45.8 Å². The zero-order valence-electron chi connectivity index (χ0n) is 12.0. The molecular formula is C16H16N4O2. The number of likely N-dealkylation sites (tertiary alicyclic amines) is 1. The van der Waals surface area contributed by atoms with Gasteiger partial charge in [-0.1, -0.05) is 12.1 Å². The van der Waals surface area contributed by atoms with Crippen molar-refractivity contribution < 1.29 is 9.59 Å². The Morgan fingerprint density at radius 2 is 1.73 bits per heavy atom. The van der Waals surface area contributed by atoms with E-state index < -0.39 is 0 Å². The SMILES string of the molecule is O=C(NC1CCN(C(=O)c2ccccn2)C1)c1ccccn1. The van der Waals surface area contributed by atoms with Crippen LogP contribution in [0.15, 0.2) is 48.8 Å². The molecule has 1 N–H and O–H groups in total. The van der Waals surface area contributed by atoms with Gasteiger partial charge in [0.05, 0.1) is 0 Å². The maximum atomic E-state index is 12.3. The molecular weight excluding hydrogens is 280 g/mol. The molecule has 0 aliphatic carbocycles. The first kappa shape index (κ1) is 14.2. The third-order valence-electron chi connectivity index (χ3n) is 3.59. The molecule has 6 nitrogen and oxygen atoms in total. The van der Waals surface area contributed by atoms with Crippen LogP contribution in [0.3, 0.4) is 0 Å². The fourth-order valence-corrected chi connectivity index (χ4v) is 2.47. The van der Waals surface area contributed by atoms with Crippen molar-refractivity contribution in [1.82, 2.24) is 20.2 Å². The smallest absolute Gasteiger partial charge is 0.272 e. The van der Waals surface area contributed by atoms with E-state index >= 15 is 0 Å². The molecule has 22 heavy (non-hydrogen) atoms. The molecule has 1 unspecified atom stereocenters. The molecule has 2 aromatic rings. The number of aromatic nitrogens is 2. The predicted octanol–water partition coefficient (Wildman–Crippen LogP) is 1.12. The monoisotopic (exact) mass is 296 g/mol. The molecule has 1 aliphatic heterocycles. The molecule has 1 aliphatic rings. The van der Waals surface area contributed by atoms with Crippen molar-refractivity contribution in [2.45, 2.75) is 12.5 Å². The van der Waals surface area contributed by atoms with Gasteiger partial charge in [-0.2, -0.15) is 0 Å². The minimum absolute atomic E-state index is 0.0535. The van der Waals surface area contributed by atoms with Crippen LogP contribution in [0.25, 0.3) is 0 Å². The van der Waals surface area contributed by atoms with E-state index in [1.807, 2.05) is 0 Å². The van der Waals surface area contributed by atoms with Gasteiger partial charge >= 0.3 is 0 Å². The summed E-state index contributed by atoms with van der Waals surface area (Å²) in [6, 6.07) is 10.4. The average molecular weight is 296 g/mol. The minimum Gasteiger partial charge on any atom is -0.346 e. The topological polar surface area (TPSA) is 75.2 Å². The Bertz CT molecular complexity index is 660. The van der Waals surface area contributed by atoms with E-state index in [0.29, 0.717) is 24.5 Å². The molecule has 2 aromatic heterocycles. The lowest BCUT2D eigenvalue weighted by atomic mass is 10.2. The van der Waals surface area contributed by atoms with Gasteiger partial charge in [0.15, 0.2) is 0 Å². The van der Waals surface area contributed by atoms with Crippen LogP contribution < -0.4 is 5.32 Å². The molecule has 1 saturated heterocycles. The van der Waals surface area contributed by atoms with Crippen LogP contribution in [0, 0.1) is 0 Å². The summed E-state index contributed by atoms with van der Waals surface area (Å²) in [6.07, 6.45) is 3.92. The first-order valence-corrected chi connectivity index (χ1v) is 7.16. The van der Waals surface area contributed by atoms with Crippen LogP contribution in [0.2, 0.25) is 0 Å². The third kappa shape index (κ3) is 3.11. The molecule has 0 bridgehead atoms. The van der Waals surface area contributed by atoms with Crippen molar-refractivity contribution in [3.8, 4) is 0 Å². The van der Waals surface area contributed by atoms with E-state index in [0.717, 1.165) is 6.42 Å². The van der Waals surface area contributed by atoms with E-state index in [1.165, 1.54) is 0 Å². The van der Waals surface area contributed by atoms with E-state index in [4.69, 9.17) is 0 Å². The molecule has 0 saturated carbocycles. The van der Waals surface area contributed by atoms with E-state index in [9.17, 15) is 9.59 Å². The highest BCUT2D eigenvalue weighted by atomic mass is 16.2. The molecule has 1 fully saturated rings. The van der Waals surface area contributed by atoms with Crippen molar-refractivity contribution in [1.29, 1.82) is 0 Å². The molecule has 3 heterocycles. The summed E-state index contributed by atoms with van der Waals surface area (Å²) >= 11 is 0. The molecule has 0 aromatic carbocycles. The lowest BCUT2D eigenvalue weighted by molar-refractivity contribution is 0.0777. The predicted molar refractivity (Wildman–Crippen MR) is 80.2 cm³/mol. The second-order valence-electron chi connectivity index (χ2n) is 5.14. The Hall–Kier alpha value is -2.76. The number of carbonyl (C=O) groups excluding carboxylic acids is 2. The average Bonchev–Trinajstić information content (AvgIpc) is 3.04. The fourth-order valence-electron chi connectivity index (χ4n) is 2.47. The Balaban J connectivity index is 1.59. The van der Waals surface area contributed by atoms with Crippen LogP contribution in [0.5, 0.6) is 0 Å². The number of nitrogens with zero attached hydrogens (tertiary/aromatic N) is 3. The second-order valence-corrected chi connectivity index (χ2v) is 5.14. The molecule has 1 atom stereocenters. The summed E-state index contributed by atoms with van der Waals surface area (Å²) in [7, 11) is 0. The summed E-state index contributed by atoms with van der Waals surface area (Å²) < 4.78 is 0. The number of nitrogens with one attached hydrogen (secondary N) is 1. The van der Waals surface area contributed by atoms with Crippen LogP contribution >= 0.6 is 0 Å². The first-order chi connectivity index (χ1) is 10.7. The van der Waals surface area contributed by atoms with Crippen molar-refractivity contribution in [3.63, 3.8) is 0 Å². The normalized spacial score (nSPS) is 17.3. The quantitative estimate of drug-likeness (QED) is 0.921. The van der Waals surface area contributed by atoms with Crippen LogP contribution in [-0.2, 0) is 0 Å². The third-order valence-corrected chi connectivity index (χ3v) is 3.59. The number of pyridine rings is 2. The highest BCUT2D eigenvalue weighted by molar-refractivity contribution is 5.93. The molecule has 3 rings (SSSR count). The molecule has 0 spiro atoms. The van der Waals surface area contributed by atoms with Gasteiger partial charge in [-0.3, -0.25) is 19.6 Å². The number of amides is 2. The zero-order chi connectivity index (χ0) is 15.4. The van der Waals surface area contributed by atoms with Crippen molar-refractivity contribution >= 4 is 11.8 Å². The highest BCUT2D eigenvalue weighted by Gasteiger charge is 2.28. The lowest BCUT2D eigenvalue weighted by Gasteiger charge is -2.16. The number of carbonyl (C=O) groups is 2. The largest absolute Gasteiger partial charge is 0.346 e. The van der Waals surface area contributed by atoms with Crippen molar-refractivity contribution in [2.24, 2.45) is 0 Å². The Labute approximate surface area is 128 Å². The Morgan fingerprint density at radius 3 is 2.36 bits per heavy atom. The maximum Gasteiger partial charge on any atom is 0.272 e. The van der Waals surface area contributed by atoms with Crippen LogP contribution in [0.1, 0.15) is 27.4 Å². The molecule has 2 amide bonds. The number of hydrogen-bond donors (Lipinski definition) is 1. The summed E-state index contributed by atoms with van der Waals surface area (Å²) in [6.45, 7) is 1.11. The van der Waals surface area contributed by atoms with E-state index in [1.54, 1.807) is 53.7 Å². The molecule has 112 valence electrons. The Morgan fingerprint density at radius 1 is 1.05 bits per heavy atom. The summed E-state index contributed by atoms with van der Waals surface area (Å²) in [5.74, 6) is -0.312. The lowest BCUT2D eigenvalue weighted by Crippen LogP contribution is -2.38. The summed E-state index contributed by atoms with van der Waals surface area (Å²) in [4.78, 5) is 34.1. The molecule has 6 heteroatoms. The van der Waals surface area contributed by atoms with Gasteiger partial charge in [-0.05, 0) is 30.7 Å². The molecule has 0 radical (unpaired) electrons. The van der Waals surface area contributed by atoms with Crippen molar-refractivity contribution in [2.75, 3.05) is 13.1 Å². The van der Waals surface area contributed by atoms with Crippen molar-refractivity contribution in [3.05, 3.63) is 60.2 Å². The van der Waals surface area contributed by atoms with E-state index in [-0.39, 0.29) is 17.9 Å². The highest BCUT2D eigenvalue weighted by Crippen LogP contribution is 2.13. The van der Waals surface area contributed by atoms with Gasteiger partial charge in [0, 0.05) is 31.5 Å². The summed E-state index contributed by atoms with van der Waals surface area (Å²) in [5.41, 5.74) is 0.816. The van der Waals surface area contributed by atoms with Gasteiger partial charge in [-0.25, -0.2) is 0 Å². The van der Waals surface area contributed by atoms with E-state index in [2.05, 4.69) is 15.3 Å². The van der Waals surface area contributed by atoms with Gasteiger partial charge in [0.1, 0.15) is 11.4 Å². The zero-order valence-corrected chi connectivity index (χ0v) is 12.0. The number of hydrogen-bond acceptors (Lipinski definition) is 4. The standard InChI is InChI=1S/C16H16N4O2/c21-15(13-5-1-3-8-17-13)19-12-7-10-20(11-12)16(22)14-6-2-4-9-18-14/h1-6,8-9,12H,7,10-11H2,(H,19,21). The fraction of sp³-hybridized carbons (Fsp3) is 0.250. The first-order valence-electron chi connectivity index (χ1n) is 7.16. The van der Waals surface area contributed by atoms with Gasteiger partial charge in [-0.15, -0.1) is 0 Å². The van der Waals surface area contributed by atoms with Crippen LogP contribution in [0.4, 0.5) is 0 Å². The number of rotatable bonds is 3. The second kappa shape index (κ2) is 6.34.